The third-order valence-corrected chi connectivity index (χ3v) is 3.54. The van der Waals surface area contributed by atoms with E-state index in [4.69, 9.17) is 4.74 Å². The number of ether oxygens (including phenoxy) is 1. The summed E-state index contributed by atoms with van der Waals surface area (Å²) < 4.78 is 5.04. The molecule has 0 bridgehead atoms. The van der Waals surface area contributed by atoms with Crippen molar-refractivity contribution in [2.45, 2.75) is 38.0 Å². The molecule has 1 heterocycles. The van der Waals surface area contributed by atoms with Crippen LogP contribution < -0.4 is 0 Å². The Balaban J connectivity index is 1.97. The zero-order valence-electron chi connectivity index (χ0n) is 11.9. The van der Waals surface area contributed by atoms with Gasteiger partial charge in [-0.25, -0.2) is 9.69 Å². The third-order valence-electron chi connectivity index (χ3n) is 3.54. The van der Waals surface area contributed by atoms with Crippen molar-refractivity contribution >= 4 is 19.8 Å². The number of benzene rings is 1. The highest BCUT2D eigenvalue weighted by atomic mass is 16.6. The predicted molar refractivity (Wildman–Crippen MR) is 79.3 cm³/mol. The quantitative estimate of drug-likeness (QED) is 0.586. The fraction of sp³-hybridized carbons (Fsp3) is 0.467. The number of rotatable bonds is 6. The Hall–Kier alpha value is -1.78. The summed E-state index contributed by atoms with van der Waals surface area (Å²) in [5, 5.41) is 0. The van der Waals surface area contributed by atoms with Crippen molar-refractivity contribution in [2.24, 2.45) is 0 Å². The molecule has 5 heteroatoms. The number of amides is 2. The first-order chi connectivity index (χ1) is 9.72. The van der Waals surface area contributed by atoms with Gasteiger partial charge in [0.25, 0.3) is 0 Å². The second kappa shape index (κ2) is 7.13. The molecular weight excluding hydrogens is 253 g/mol. The number of carbonyl (C=O) groups is 2. The smallest absolute Gasteiger partial charge is 0.416 e. The van der Waals surface area contributed by atoms with Gasteiger partial charge in [-0.15, -0.1) is 0 Å². The van der Waals surface area contributed by atoms with Gasteiger partial charge >= 0.3 is 6.09 Å². The first-order valence-corrected chi connectivity index (χ1v) is 7.25. The van der Waals surface area contributed by atoms with Crippen LogP contribution in [0.1, 0.15) is 24.8 Å². The first-order valence-electron chi connectivity index (χ1n) is 7.25. The van der Waals surface area contributed by atoms with Crippen LogP contribution in [0.4, 0.5) is 4.79 Å². The van der Waals surface area contributed by atoms with Crippen LogP contribution in [0.3, 0.4) is 0 Å². The van der Waals surface area contributed by atoms with Gasteiger partial charge in [0, 0.05) is 6.42 Å². The lowest BCUT2D eigenvalue weighted by molar-refractivity contribution is -0.129. The van der Waals surface area contributed by atoms with Crippen molar-refractivity contribution in [1.82, 2.24) is 4.90 Å². The van der Waals surface area contributed by atoms with Crippen LogP contribution >= 0.6 is 0 Å². The maximum atomic E-state index is 12.2. The van der Waals surface area contributed by atoms with Crippen LogP contribution in [0.5, 0.6) is 0 Å². The highest BCUT2D eigenvalue weighted by Crippen LogP contribution is 2.19. The molecule has 1 aromatic rings. The Labute approximate surface area is 120 Å². The lowest BCUT2D eigenvalue weighted by Crippen LogP contribution is -2.40. The van der Waals surface area contributed by atoms with Gasteiger partial charge in [0.15, 0.2) is 0 Å². The molecule has 0 spiro atoms. The molecule has 1 fully saturated rings. The van der Waals surface area contributed by atoms with E-state index in [9.17, 15) is 9.59 Å². The van der Waals surface area contributed by atoms with E-state index in [1.165, 1.54) is 4.90 Å². The van der Waals surface area contributed by atoms with Gasteiger partial charge in [0.1, 0.15) is 14.5 Å². The number of nitrogens with zero attached hydrogens (tertiary/aromatic N) is 1. The summed E-state index contributed by atoms with van der Waals surface area (Å²) in [6.45, 7) is 0.299. The second-order valence-electron chi connectivity index (χ2n) is 5.14. The van der Waals surface area contributed by atoms with Gasteiger partial charge in [-0.2, -0.15) is 0 Å². The van der Waals surface area contributed by atoms with Crippen molar-refractivity contribution in [3.63, 3.8) is 0 Å². The fourth-order valence-electron chi connectivity index (χ4n) is 2.45. The van der Waals surface area contributed by atoms with Gasteiger partial charge in [0.05, 0.1) is 6.04 Å². The van der Waals surface area contributed by atoms with Gasteiger partial charge in [-0.05, 0) is 18.4 Å². The minimum Gasteiger partial charge on any atom is -0.447 e. The molecule has 0 N–H and O–H groups in total. The number of carbonyl (C=O) groups excluding carboxylic acids is 2. The van der Waals surface area contributed by atoms with E-state index in [0.717, 1.165) is 24.7 Å². The maximum absolute atomic E-state index is 12.2. The summed E-state index contributed by atoms with van der Waals surface area (Å²) in [4.78, 5) is 25.2. The van der Waals surface area contributed by atoms with E-state index in [1.54, 1.807) is 0 Å². The van der Waals surface area contributed by atoms with E-state index < -0.39 is 6.09 Å². The average molecular weight is 273 g/mol. The fourth-order valence-corrected chi connectivity index (χ4v) is 2.45. The molecule has 20 heavy (non-hydrogen) atoms. The van der Waals surface area contributed by atoms with Crippen LogP contribution in [0.2, 0.25) is 6.32 Å². The predicted octanol–water partition coefficient (Wildman–Crippen LogP) is 1.80. The summed E-state index contributed by atoms with van der Waals surface area (Å²) >= 11 is 0. The summed E-state index contributed by atoms with van der Waals surface area (Å²) in [6.07, 6.45) is 3.49. The SMILES string of the molecule is BCCCCC(=O)N1C(=O)OC[C@@H]1Cc1ccccc1. The number of hydrogen-bond acceptors (Lipinski definition) is 3. The van der Waals surface area contributed by atoms with Gasteiger partial charge < -0.3 is 4.74 Å². The molecular formula is C15H20BNO3. The normalized spacial score (nSPS) is 18.1. The standard InChI is InChI=1S/C15H20BNO3/c16-9-5-4-8-14(18)17-13(11-20-15(17)19)10-12-6-2-1-3-7-12/h1-3,6-7,13H,4-5,8-11,16H2/t13-/m0/s1. The number of hydrogen-bond donors (Lipinski definition) is 0. The number of imide groups is 1. The summed E-state index contributed by atoms with van der Waals surface area (Å²) in [7, 11) is 2.09. The van der Waals surface area contributed by atoms with E-state index in [2.05, 4.69) is 7.85 Å². The Morgan fingerprint density at radius 2 is 2.05 bits per heavy atom. The van der Waals surface area contributed by atoms with Crippen LogP contribution in [-0.4, -0.2) is 37.4 Å². The van der Waals surface area contributed by atoms with Crippen molar-refractivity contribution in [2.75, 3.05) is 6.61 Å². The molecule has 106 valence electrons. The molecule has 0 aliphatic carbocycles. The van der Waals surface area contributed by atoms with Gasteiger partial charge in [-0.3, -0.25) is 4.79 Å². The average Bonchev–Trinajstić information content (AvgIpc) is 2.81. The number of cyclic esters (lactones) is 1. The van der Waals surface area contributed by atoms with E-state index in [1.807, 2.05) is 30.3 Å². The summed E-state index contributed by atoms with van der Waals surface area (Å²) in [5.74, 6) is -0.109. The van der Waals surface area contributed by atoms with Crippen LogP contribution in [0.15, 0.2) is 30.3 Å². The van der Waals surface area contributed by atoms with Crippen molar-refractivity contribution in [1.29, 1.82) is 0 Å². The van der Waals surface area contributed by atoms with Crippen LogP contribution in [0, 0.1) is 0 Å². The molecule has 2 amide bonds. The molecule has 0 unspecified atom stereocenters. The molecule has 0 saturated carbocycles. The third kappa shape index (κ3) is 3.62. The van der Waals surface area contributed by atoms with E-state index in [-0.39, 0.29) is 11.9 Å². The molecule has 0 aromatic heterocycles. The molecule has 1 atom stereocenters. The monoisotopic (exact) mass is 273 g/mol. The van der Waals surface area contributed by atoms with Crippen LogP contribution in [-0.2, 0) is 16.0 Å². The molecule has 2 rings (SSSR count). The Bertz CT molecular complexity index is 463. The molecule has 1 aromatic carbocycles. The molecule has 0 radical (unpaired) electrons. The molecule has 1 aliphatic rings. The van der Waals surface area contributed by atoms with Gasteiger partial charge in [-0.1, -0.05) is 43.1 Å². The van der Waals surface area contributed by atoms with Crippen molar-refractivity contribution in [3.05, 3.63) is 35.9 Å². The van der Waals surface area contributed by atoms with Crippen molar-refractivity contribution < 1.29 is 14.3 Å². The lowest BCUT2D eigenvalue weighted by atomic mass is 9.99. The zero-order valence-corrected chi connectivity index (χ0v) is 11.9. The Morgan fingerprint density at radius 3 is 2.75 bits per heavy atom. The Kier molecular flexibility index (Phi) is 5.21. The highest BCUT2D eigenvalue weighted by Gasteiger charge is 2.37. The minimum absolute atomic E-state index is 0.109. The summed E-state index contributed by atoms with van der Waals surface area (Å²) in [5.41, 5.74) is 1.11. The minimum atomic E-state index is -0.493. The van der Waals surface area contributed by atoms with Crippen molar-refractivity contribution in [3.8, 4) is 0 Å². The highest BCUT2D eigenvalue weighted by molar-refractivity contribution is 6.08. The molecule has 1 saturated heterocycles. The maximum Gasteiger partial charge on any atom is 0.416 e. The summed E-state index contributed by atoms with van der Waals surface area (Å²) in [6, 6.07) is 9.71. The molecule has 4 nitrogen and oxygen atoms in total. The van der Waals surface area contributed by atoms with Gasteiger partial charge in [0.2, 0.25) is 5.91 Å². The van der Waals surface area contributed by atoms with E-state index in [0.29, 0.717) is 19.4 Å². The molecule has 1 aliphatic heterocycles. The first kappa shape index (κ1) is 14.6. The Morgan fingerprint density at radius 1 is 1.30 bits per heavy atom. The second-order valence-corrected chi connectivity index (χ2v) is 5.14. The topological polar surface area (TPSA) is 46.6 Å². The largest absolute Gasteiger partial charge is 0.447 e. The van der Waals surface area contributed by atoms with E-state index >= 15 is 0 Å². The zero-order chi connectivity index (χ0) is 14.4. The lowest BCUT2D eigenvalue weighted by Gasteiger charge is -2.19. The van der Waals surface area contributed by atoms with Crippen LogP contribution in [0.25, 0.3) is 0 Å². The number of unbranched alkanes of at least 4 members (excludes halogenated alkanes) is 1.